The van der Waals surface area contributed by atoms with E-state index in [0.29, 0.717) is 6.04 Å². The monoisotopic (exact) mass is 255 g/mol. The number of nitrogens with zero attached hydrogens (tertiary/aromatic N) is 2. The molecule has 0 aromatic rings. The zero-order valence-electron chi connectivity index (χ0n) is 11.7. The third-order valence-corrected chi connectivity index (χ3v) is 3.57. The second kappa shape index (κ2) is 5.55. The summed E-state index contributed by atoms with van der Waals surface area (Å²) < 4.78 is 5.54. The summed E-state index contributed by atoms with van der Waals surface area (Å²) in [5, 5.41) is 3.29. The van der Waals surface area contributed by atoms with Crippen LogP contribution >= 0.6 is 0 Å². The maximum absolute atomic E-state index is 12.0. The third kappa shape index (κ3) is 3.67. The maximum atomic E-state index is 12.0. The van der Waals surface area contributed by atoms with Crippen molar-refractivity contribution in [2.45, 2.75) is 32.4 Å². The zero-order chi connectivity index (χ0) is 13.2. The molecule has 1 N–H and O–H groups in total. The number of rotatable bonds is 3. The van der Waals surface area contributed by atoms with Crippen molar-refractivity contribution in [2.75, 3.05) is 45.9 Å². The summed E-state index contributed by atoms with van der Waals surface area (Å²) in [6, 6.07) is 0.688. The van der Waals surface area contributed by atoms with Crippen molar-refractivity contribution in [2.24, 2.45) is 0 Å². The molecule has 2 aliphatic rings. The Hall–Kier alpha value is -0.650. The lowest BCUT2D eigenvalue weighted by molar-refractivity contribution is -0.143. The summed E-state index contributed by atoms with van der Waals surface area (Å²) >= 11 is 0. The Morgan fingerprint density at radius 3 is 2.28 bits per heavy atom. The smallest absolute Gasteiger partial charge is 0.248 e. The molecule has 2 rings (SSSR count). The van der Waals surface area contributed by atoms with E-state index in [-0.39, 0.29) is 18.1 Å². The molecule has 0 bridgehead atoms. The van der Waals surface area contributed by atoms with Crippen LogP contribution in [0, 0.1) is 0 Å². The Kier molecular flexibility index (Phi) is 4.25. The van der Waals surface area contributed by atoms with Crippen LogP contribution in [0.3, 0.4) is 0 Å². The minimum absolute atomic E-state index is 0.122. The molecule has 2 fully saturated rings. The highest BCUT2D eigenvalue weighted by molar-refractivity contribution is 5.77. The molecule has 0 aromatic heterocycles. The Bertz CT molecular complexity index is 289. The molecular weight excluding hydrogens is 230 g/mol. The van der Waals surface area contributed by atoms with E-state index >= 15 is 0 Å². The molecule has 0 saturated carbocycles. The third-order valence-electron chi connectivity index (χ3n) is 3.57. The van der Waals surface area contributed by atoms with E-state index in [1.54, 1.807) is 0 Å². The van der Waals surface area contributed by atoms with E-state index < -0.39 is 0 Å². The van der Waals surface area contributed by atoms with Gasteiger partial charge in [-0.1, -0.05) is 0 Å². The largest absolute Gasteiger partial charge is 0.366 e. The van der Waals surface area contributed by atoms with Crippen molar-refractivity contribution in [3.05, 3.63) is 0 Å². The predicted octanol–water partition coefficient (Wildman–Crippen LogP) is -0.0825. The van der Waals surface area contributed by atoms with E-state index in [1.165, 1.54) is 0 Å². The summed E-state index contributed by atoms with van der Waals surface area (Å²) in [6.07, 6.45) is 0. The molecule has 2 saturated heterocycles. The average molecular weight is 255 g/mol. The second-order valence-electron chi connectivity index (χ2n) is 6.13. The van der Waals surface area contributed by atoms with Crippen molar-refractivity contribution < 1.29 is 9.53 Å². The first-order valence-electron chi connectivity index (χ1n) is 6.82. The lowest BCUT2D eigenvalue weighted by atomic mass is 10.1. The van der Waals surface area contributed by atoms with Crippen molar-refractivity contribution >= 4 is 5.91 Å². The van der Waals surface area contributed by atoms with Crippen molar-refractivity contribution in [3.8, 4) is 0 Å². The van der Waals surface area contributed by atoms with Crippen LogP contribution in [0.15, 0.2) is 0 Å². The molecular formula is C13H25N3O2. The van der Waals surface area contributed by atoms with Crippen LogP contribution in [0.5, 0.6) is 0 Å². The van der Waals surface area contributed by atoms with Crippen molar-refractivity contribution in [1.29, 1.82) is 0 Å². The van der Waals surface area contributed by atoms with Gasteiger partial charge in [-0.05, 0) is 20.8 Å². The normalized spacial score (nSPS) is 22.9. The van der Waals surface area contributed by atoms with Crippen LogP contribution < -0.4 is 5.32 Å². The minimum atomic E-state index is -0.241. The van der Waals surface area contributed by atoms with E-state index in [2.05, 4.69) is 10.2 Å². The topological polar surface area (TPSA) is 44.8 Å². The first-order valence-corrected chi connectivity index (χ1v) is 6.82. The molecule has 1 amide bonds. The van der Waals surface area contributed by atoms with Gasteiger partial charge in [0.2, 0.25) is 5.91 Å². The molecule has 0 atom stereocenters. The van der Waals surface area contributed by atoms with E-state index in [0.717, 1.165) is 39.3 Å². The summed E-state index contributed by atoms with van der Waals surface area (Å²) in [6.45, 7) is 12.0. The van der Waals surface area contributed by atoms with Gasteiger partial charge in [0.15, 0.2) is 0 Å². The van der Waals surface area contributed by atoms with E-state index in [9.17, 15) is 4.79 Å². The number of piperazine rings is 1. The summed E-state index contributed by atoms with van der Waals surface area (Å²) in [4.78, 5) is 16.4. The molecule has 5 heteroatoms. The highest BCUT2D eigenvalue weighted by Gasteiger charge is 2.29. The van der Waals surface area contributed by atoms with Gasteiger partial charge >= 0.3 is 0 Å². The van der Waals surface area contributed by atoms with Gasteiger partial charge in [-0.25, -0.2) is 0 Å². The first-order chi connectivity index (χ1) is 8.46. The molecule has 2 heterocycles. The van der Waals surface area contributed by atoms with E-state index in [1.807, 2.05) is 25.7 Å². The van der Waals surface area contributed by atoms with Gasteiger partial charge in [-0.3, -0.25) is 9.69 Å². The number of amides is 1. The lowest BCUT2D eigenvalue weighted by Crippen LogP contribution is -2.62. The molecule has 5 nitrogen and oxygen atoms in total. The van der Waals surface area contributed by atoms with Gasteiger partial charge in [0, 0.05) is 45.3 Å². The number of carbonyl (C=O) groups is 1. The number of carbonyl (C=O) groups excluding carboxylic acids is 1. The van der Waals surface area contributed by atoms with Crippen LogP contribution in [-0.4, -0.2) is 73.2 Å². The van der Waals surface area contributed by atoms with Crippen LogP contribution in [0.2, 0.25) is 0 Å². The van der Waals surface area contributed by atoms with Crippen molar-refractivity contribution in [1.82, 2.24) is 15.1 Å². The quantitative estimate of drug-likeness (QED) is 0.766. The van der Waals surface area contributed by atoms with Crippen LogP contribution in [0.1, 0.15) is 20.8 Å². The molecule has 0 aliphatic carbocycles. The molecule has 0 aromatic carbocycles. The van der Waals surface area contributed by atoms with E-state index in [4.69, 9.17) is 4.74 Å². The lowest BCUT2D eigenvalue weighted by Gasteiger charge is -2.43. The summed E-state index contributed by atoms with van der Waals surface area (Å²) in [5.74, 6) is 0.122. The summed E-state index contributed by atoms with van der Waals surface area (Å²) in [5.41, 5.74) is -0.241. The fourth-order valence-electron chi connectivity index (χ4n) is 2.24. The minimum Gasteiger partial charge on any atom is -0.366 e. The number of hydrogen-bond donors (Lipinski definition) is 1. The van der Waals surface area contributed by atoms with Gasteiger partial charge in [0.25, 0.3) is 0 Å². The standard InChI is InChI=1S/C13H25N3O2/c1-13(2,3)18-10-12(17)16-6-4-15(5-7-16)11-8-14-9-11/h11,14H,4-10H2,1-3H3. The van der Waals surface area contributed by atoms with Gasteiger partial charge in [0.1, 0.15) is 6.61 Å². The Morgan fingerprint density at radius 2 is 1.83 bits per heavy atom. The highest BCUT2D eigenvalue weighted by Crippen LogP contribution is 2.11. The van der Waals surface area contributed by atoms with Crippen LogP contribution in [0.4, 0.5) is 0 Å². The molecule has 18 heavy (non-hydrogen) atoms. The van der Waals surface area contributed by atoms with Gasteiger partial charge in [-0.15, -0.1) is 0 Å². The number of ether oxygens (including phenoxy) is 1. The van der Waals surface area contributed by atoms with Crippen LogP contribution in [0.25, 0.3) is 0 Å². The Balaban J connectivity index is 1.70. The summed E-state index contributed by atoms with van der Waals surface area (Å²) in [7, 11) is 0. The predicted molar refractivity (Wildman–Crippen MR) is 70.5 cm³/mol. The fourth-order valence-corrected chi connectivity index (χ4v) is 2.24. The highest BCUT2D eigenvalue weighted by atomic mass is 16.5. The SMILES string of the molecule is CC(C)(C)OCC(=O)N1CCN(C2CNC2)CC1. The molecule has 2 aliphatic heterocycles. The zero-order valence-corrected chi connectivity index (χ0v) is 11.7. The van der Waals surface area contributed by atoms with Gasteiger partial charge < -0.3 is 15.0 Å². The Morgan fingerprint density at radius 1 is 1.22 bits per heavy atom. The number of nitrogens with one attached hydrogen (secondary N) is 1. The van der Waals surface area contributed by atoms with Crippen LogP contribution in [-0.2, 0) is 9.53 Å². The average Bonchev–Trinajstić information content (AvgIpc) is 2.23. The fraction of sp³-hybridized carbons (Fsp3) is 0.923. The first kappa shape index (κ1) is 13.8. The second-order valence-corrected chi connectivity index (χ2v) is 6.13. The number of hydrogen-bond acceptors (Lipinski definition) is 4. The van der Waals surface area contributed by atoms with Gasteiger partial charge in [-0.2, -0.15) is 0 Å². The Labute approximate surface area is 109 Å². The molecule has 0 spiro atoms. The molecule has 0 radical (unpaired) electrons. The molecule has 104 valence electrons. The maximum Gasteiger partial charge on any atom is 0.248 e. The van der Waals surface area contributed by atoms with Gasteiger partial charge in [0.05, 0.1) is 5.60 Å². The molecule has 0 unspecified atom stereocenters. The van der Waals surface area contributed by atoms with Crippen molar-refractivity contribution in [3.63, 3.8) is 0 Å².